The average Bonchev–Trinajstić information content (AvgIpc) is 2.70. The van der Waals surface area contributed by atoms with Gasteiger partial charge in [0.1, 0.15) is 0 Å². The van der Waals surface area contributed by atoms with Gasteiger partial charge in [0, 0.05) is 6.61 Å². The molecule has 1 saturated heterocycles. The largest absolute Gasteiger partial charge is 0.418 e. The van der Waals surface area contributed by atoms with Gasteiger partial charge in [-0.25, -0.2) is 0 Å². The number of halogens is 3. The van der Waals surface area contributed by atoms with Crippen molar-refractivity contribution in [2.75, 3.05) is 11.9 Å². The van der Waals surface area contributed by atoms with Gasteiger partial charge in [0.2, 0.25) is 5.91 Å². The molecule has 0 bridgehead atoms. The van der Waals surface area contributed by atoms with Gasteiger partial charge in [0.15, 0.2) is 0 Å². The summed E-state index contributed by atoms with van der Waals surface area (Å²) in [6.07, 6.45) is -2.97. The second-order valence-corrected chi connectivity index (χ2v) is 5.62. The molecule has 3 nitrogen and oxygen atoms in total. The lowest BCUT2D eigenvalue weighted by Crippen LogP contribution is -2.43. The van der Waals surface area contributed by atoms with Crippen LogP contribution < -0.4 is 5.32 Å². The van der Waals surface area contributed by atoms with Crippen molar-refractivity contribution in [1.29, 1.82) is 0 Å². The topological polar surface area (TPSA) is 38.3 Å². The number of rotatable bonds is 1. The van der Waals surface area contributed by atoms with Crippen LogP contribution in [0.15, 0.2) is 18.2 Å². The maximum absolute atomic E-state index is 13.1. The Morgan fingerprint density at radius 2 is 2.19 bits per heavy atom. The molecule has 1 aromatic rings. The molecular formula is C15H16F3NO2. The molecule has 6 heteroatoms. The zero-order chi connectivity index (χ0) is 15.3. The van der Waals surface area contributed by atoms with Crippen LogP contribution in [0.4, 0.5) is 18.9 Å². The number of anilines is 1. The maximum atomic E-state index is 13.1. The van der Waals surface area contributed by atoms with Gasteiger partial charge in [-0.15, -0.1) is 0 Å². The molecule has 2 heterocycles. The summed E-state index contributed by atoms with van der Waals surface area (Å²) in [5.74, 6) is -0.337. The Kier molecular flexibility index (Phi) is 3.24. The smallest absolute Gasteiger partial charge is 0.378 e. The number of para-hydroxylation sites is 1. The van der Waals surface area contributed by atoms with E-state index in [1.54, 1.807) is 6.07 Å². The highest BCUT2D eigenvalue weighted by atomic mass is 19.4. The molecule has 1 amide bonds. The van der Waals surface area contributed by atoms with E-state index in [0.29, 0.717) is 25.0 Å². The number of ether oxygens (including phenoxy) is 1. The van der Waals surface area contributed by atoms with E-state index in [2.05, 4.69) is 5.32 Å². The summed E-state index contributed by atoms with van der Waals surface area (Å²) in [6.45, 7) is 2.34. The van der Waals surface area contributed by atoms with Crippen molar-refractivity contribution < 1.29 is 22.7 Å². The van der Waals surface area contributed by atoms with Crippen LogP contribution in [0.25, 0.3) is 0 Å². The molecule has 2 unspecified atom stereocenters. The quantitative estimate of drug-likeness (QED) is 0.862. The van der Waals surface area contributed by atoms with Crippen molar-refractivity contribution in [2.45, 2.75) is 43.9 Å². The molecular weight excluding hydrogens is 283 g/mol. The second-order valence-electron chi connectivity index (χ2n) is 5.62. The number of alkyl halides is 3. The van der Waals surface area contributed by atoms with E-state index in [4.69, 9.17) is 4.74 Å². The Morgan fingerprint density at radius 3 is 2.86 bits per heavy atom. The van der Waals surface area contributed by atoms with Gasteiger partial charge in [-0.05, 0) is 30.9 Å². The van der Waals surface area contributed by atoms with Gasteiger partial charge in [0.25, 0.3) is 0 Å². The number of nitrogens with one attached hydrogen (secondary N) is 1. The molecule has 2 atom stereocenters. The molecule has 3 rings (SSSR count). The minimum absolute atomic E-state index is 0.0771. The van der Waals surface area contributed by atoms with Crippen LogP contribution in [0, 0.1) is 0 Å². The molecule has 21 heavy (non-hydrogen) atoms. The molecule has 0 radical (unpaired) electrons. The van der Waals surface area contributed by atoms with E-state index in [1.165, 1.54) is 6.07 Å². The highest BCUT2D eigenvalue weighted by Crippen LogP contribution is 2.50. The van der Waals surface area contributed by atoms with Crippen LogP contribution in [-0.2, 0) is 21.1 Å². The summed E-state index contributed by atoms with van der Waals surface area (Å²) < 4.78 is 44.9. The molecule has 2 aliphatic heterocycles. The average molecular weight is 299 g/mol. The second kappa shape index (κ2) is 4.73. The fraction of sp³-hybridized carbons (Fsp3) is 0.533. The van der Waals surface area contributed by atoms with Gasteiger partial charge in [-0.2, -0.15) is 13.2 Å². The van der Waals surface area contributed by atoms with E-state index >= 15 is 0 Å². The number of benzene rings is 1. The lowest BCUT2D eigenvalue weighted by atomic mass is 9.72. The van der Waals surface area contributed by atoms with Gasteiger partial charge in [-0.1, -0.05) is 19.1 Å². The fourth-order valence-electron chi connectivity index (χ4n) is 3.34. The monoisotopic (exact) mass is 299 g/mol. The zero-order valence-electron chi connectivity index (χ0n) is 11.6. The van der Waals surface area contributed by atoms with Crippen LogP contribution in [0.1, 0.15) is 37.3 Å². The molecule has 0 aliphatic carbocycles. The van der Waals surface area contributed by atoms with E-state index in [9.17, 15) is 18.0 Å². The normalized spacial score (nSPS) is 28.6. The number of hydrogen-bond donors (Lipinski definition) is 1. The number of carbonyl (C=O) groups is 1. The van der Waals surface area contributed by atoms with Crippen molar-refractivity contribution >= 4 is 11.6 Å². The number of hydrogen-bond acceptors (Lipinski definition) is 2. The highest BCUT2D eigenvalue weighted by Gasteiger charge is 2.52. The van der Waals surface area contributed by atoms with Crippen LogP contribution in [0.5, 0.6) is 0 Å². The molecule has 0 aromatic heterocycles. The van der Waals surface area contributed by atoms with Gasteiger partial charge in [-0.3, -0.25) is 4.79 Å². The van der Waals surface area contributed by atoms with Crippen molar-refractivity contribution in [3.05, 3.63) is 29.3 Å². The van der Waals surface area contributed by atoms with Crippen molar-refractivity contribution in [3.8, 4) is 0 Å². The summed E-state index contributed by atoms with van der Waals surface area (Å²) in [4.78, 5) is 12.4. The third-order valence-electron chi connectivity index (χ3n) is 4.47. The third kappa shape index (κ3) is 2.12. The first-order chi connectivity index (χ1) is 9.88. The SMILES string of the molecule is CCC1CC2(CCO1)C(=O)Nc1c(C(F)(F)F)cccc12. The molecule has 1 N–H and O–H groups in total. The van der Waals surface area contributed by atoms with Gasteiger partial charge >= 0.3 is 6.18 Å². The summed E-state index contributed by atoms with van der Waals surface area (Å²) in [5.41, 5.74) is -1.27. The zero-order valence-corrected chi connectivity index (χ0v) is 11.6. The van der Waals surface area contributed by atoms with Crippen LogP contribution in [0.2, 0.25) is 0 Å². The molecule has 1 fully saturated rings. The van der Waals surface area contributed by atoms with E-state index in [-0.39, 0.29) is 17.7 Å². The van der Waals surface area contributed by atoms with Gasteiger partial charge in [0.05, 0.1) is 22.8 Å². The molecule has 2 aliphatic rings. The maximum Gasteiger partial charge on any atom is 0.418 e. The van der Waals surface area contributed by atoms with Crippen molar-refractivity contribution in [1.82, 2.24) is 0 Å². The Labute approximate surface area is 120 Å². The highest BCUT2D eigenvalue weighted by molar-refractivity contribution is 6.07. The molecule has 1 aromatic carbocycles. The first kappa shape index (κ1) is 14.4. The predicted octanol–water partition coefficient (Wildman–Crippen LogP) is 3.48. The number of fused-ring (bicyclic) bond motifs is 2. The standard InChI is InChI=1S/C15H16F3NO2/c1-2-9-8-14(6-7-21-9)10-4-3-5-11(15(16,17)18)12(10)19-13(14)20/h3-5,9H,2,6-8H2,1H3,(H,19,20). The summed E-state index contributed by atoms with van der Waals surface area (Å²) in [6, 6.07) is 4.01. The predicted molar refractivity (Wildman–Crippen MR) is 71.0 cm³/mol. The lowest BCUT2D eigenvalue weighted by Gasteiger charge is -2.36. The van der Waals surface area contributed by atoms with Gasteiger partial charge < -0.3 is 10.1 Å². The first-order valence-electron chi connectivity index (χ1n) is 7.02. The van der Waals surface area contributed by atoms with Crippen LogP contribution in [-0.4, -0.2) is 18.6 Å². The summed E-state index contributed by atoms with van der Waals surface area (Å²) in [7, 11) is 0. The number of carbonyl (C=O) groups excluding carboxylic acids is 1. The third-order valence-corrected chi connectivity index (χ3v) is 4.47. The van der Waals surface area contributed by atoms with Crippen molar-refractivity contribution in [2.24, 2.45) is 0 Å². The molecule has 114 valence electrons. The Morgan fingerprint density at radius 1 is 1.43 bits per heavy atom. The summed E-state index contributed by atoms with van der Waals surface area (Å²) in [5, 5.41) is 2.46. The Hall–Kier alpha value is -1.56. The minimum atomic E-state index is -4.47. The van der Waals surface area contributed by atoms with Crippen molar-refractivity contribution in [3.63, 3.8) is 0 Å². The van der Waals surface area contributed by atoms with Crippen LogP contribution >= 0.6 is 0 Å². The summed E-state index contributed by atoms with van der Waals surface area (Å²) >= 11 is 0. The lowest BCUT2D eigenvalue weighted by molar-refractivity contribution is -0.136. The minimum Gasteiger partial charge on any atom is -0.378 e. The molecule has 0 saturated carbocycles. The van der Waals surface area contributed by atoms with E-state index in [1.807, 2.05) is 6.92 Å². The van der Waals surface area contributed by atoms with E-state index < -0.39 is 17.2 Å². The molecule has 1 spiro atoms. The number of amides is 1. The Bertz CT molecular complexity index is 585. The van der Waals surface area contributed by atoms with Crippen LogP contribution in [0.3, 0.4) is 0 Å². The Balaban J connectivity index is 2.11. The van der Waals surface area contributed by atoms with E-state index in [0.717, 1.165) is 12.5 Å². The fourth-order valence-corrected chi connectivity index (χ4v) is 3.34. The first-order valence-corrected chi connectivity index (χ1v) is 7.02.